The molecule has 5 heteroatoms. The third-order valence-electron chi connectivity index (χ3n) is 3.84. The van der Waals surface area contributed by atoms with E-state index in [-0.39, 0.29) is 5.91 Å². The zero-order chi connectivity index (χ0) is 16.5. The van der Waals surface area contributed by atoms with Gasteiger partial charge in [-0.1, -0.05) is 30.3 Å². The lowest BCUT2D eigenvalue weighted by Gasteiger charge is -2.09. The maximum atomic E-state index is 11.6. The van der Waals surface area contributed by atoms with Gasteiger partial charge in [-0.25, -0.2) is 4.98 Å². The predicted molar refractivity (Wildman–Crippen MR) is 92.6 cm³/mol. The standard InChI is InChI=1S/C19H15N3O2/c1-13(23)21-17-9-16(15-7-8-24-12-15)11-22-18(10-20-19(17)22)14-5-3-2-4-6-14/h2-12H,1H3,(H,21,23). The number of carbonyl (C=O) groups is 1. The lowest BCUT2D eigenvalue weighted by Crippen LogP contribution is -2.07. The average molecular weight is 317 g/mol. The predicted octanol–water partition coefficient (Wildman–Crippen LogP) is 4.22. The van der Waals surface area contributed by atoms with Crippen LogP contribution in [-0.4, -0.2) is 15.3 Å². The first-order chi connectivity index (χ1) is 11.7. The summed E-state index contributed by atoms with van der Waals surface area (Å²) < 4.78 is 7.18. The molecule has 0 aliphatic carbocycles. The summed E-state index contributed by atoms with van der Waals surface area (Å²) in [5.41, 5.74) is 5.27. The van der Waals surface area contributed by atoms with Crippen molar-refractivity contribution in [1.29, 1.82) is 0 Å². The number of nitrogens with zero attached hydrogens (tertiary/aromatic N) is 2. The zero-order valence-electron chi connectivity index (χ0n) is 13.1. The lowest BCUT2D eigenvalue weighted by molar-refractivity contribution is -0.114. The highest BCUT2D eigenvalue weighted by atomic mass is 16.3. The first-order valence-electron chi connectivity index (χ1n) is 7.59. The van der Waals surface area contributed by atoms with Crippen molar-refractivity contribution in [3.63, 3.8) is 0 Å². The van der Waals surface area contributed by atoms with Crippen LogP contribution in [0.4, 0.5) is 5.69 Å². The number of rotatable bonds is 3. The van der Waals surface area contributed by atoms with Gasteiger partial charge in [0.15, 0.2) is 5.65 Å². The van der Waals surface area contributed by atoms with E-state index in [9.17, 15) is 4.79 Å². The van der Waals surface area contributed by atoms with Crippen molar-refractivity contribution < 1.29 is 9.21 Å². The fourth-order valence-corrected chi connectivity index (χ4v) is 2.78. The van der Waals surface area contributed by atoms with E-state index in [4.69, 9.17) is 4.42 Å². The van der Waals surface area contributed by atoms with Crippen LogP contribution >= 0.6 is 0 Å². The molecule has 4 aromatic rings. The van der Waals surface area contributed by atoms with Gasteiger partial charge < -0.3 is 9.73 Å². The highest BCUT2D eigenvalue weighted by Crippen LogP contribution is 2.30. The second-order valence-corrected chi connectivity index (χ2v) is 5.54. The quantitative estimate of drug-likeness (QED) is 0.615. The number of benzene rings is 1. The van der Waals surface area contributed by atoms with E-state index in [2.05, 4.69) is 10.3 Å². The lowest BCUT2D eigenvalue weighted by atomic mass is 10.1. The number of furan rings is 1. The number of hydrogen-bond donors (Lipinski definition) is 1. The van der Waals surface area contributed by atoms with Crippen molar-refractivity contribution in [2.24, 2.45) is 0 Å². The van der Waals surface area contributed by atoms with Gasteiger partial charge in [-0.15, -0.1) is 0 Å². The topological polar surface area (TPSA) is 59.5 Å². The molecular formula is C19H15N3O2. The SMILES string of the molecule is CC(=O)Nc1cc(-c2ccoc2)cn2c(-c3ccccc3)cnc12. The molecule has 118 valence electrons. The fraction of sp³-hybridized carbons (Fsp3) is 0.0526. The number of fused-ring (bicyclic) bond motifs is 1. The average Bonchev–Trinajstić information content (AvgIpc) is 3.25. The van der Waals surface area contributed by atoms with Crippen LogP contribution in [-0.2, 0) is 4.79 Å². The molecule has 3 aromatic heterocycles. The molecule has 0 saturated carbocycles. The van der Waals surface area contributed by atoms with Crippen molar-refractivity contribution in [3.8, 4) is 22.4 Å². The Morgan fingerprint density at radius 1 is 1.12 bits per heavy atom. The van der Waals surface area contributed by atoms with Gasteiger partial charge >= 0.3 is 0 Å². The molecule has 0 aliphatic rings. The Labute approximate surface area is 138 Å². The third kappa shape index (κ3) is 2.46. The first-order valence-corrected chi connectivity index (χ1v) is 7.59. The monoisotopic (exact) mass is 317 g/mol. The van der Waals surface area contributed by atoms with Crippen LogP contribution in [0.25, 0.3) is 28.0 Å². The van der Waals surface area contributed by atoms with Crippen LogP contribution in [0.2, 0.25) is 0 Å². The Morgan fingerprint density at radius 2 is 1.96 bits per heavy atom. The van der Waals surface area contributed by atoms with Gasteiger partial charge in [0, 0.05) is 29.8 Å². The van der Waals surface area contributed by atoms with Gasteiger partial charge in [-0.2, -0.15) is 0 Å². The van der Waals surface area contributed by atoms with E-state index in [1.807, 2.05) is 59.3 Å². The van der Waals surface area contributed by atoms with Gasteiger partial charge in [-0.05, 0) is 12.1 Å². The maximum Gasteiger partial charge on any atom is 0.221 e. The summed E-state index contributed by atoms with van der Waals surface area (Å²) in [6.45, 7) is 1.49. The van der Waals surface area contributed by atoms with Crippen LogP contribution in [0.3, 0.4) is 0 Å². The molecule has 1 N–H and O–H groups in total. The largest absolute Gasteiger partial charge is 0.472 e. The molecule has 1 amide bonds. The van der Waals surface area contributed by atoms with E-state index < -0.39 is 0 Å². The summed E-state index contributed by atoms with van der Waals surface area (Å²) in [5.74, 6) is -0.134. The first kappa shape index (κ1) is 14.3. The molecule has 3 heterocycles. The number of nitrogens with one attached hydrogen (secondary N) is 1. The highest BCUT2D eigenvalue weighted by Gasteiger charge is 2.13. The summed E-state index contributed by atoms with van der Waals surface area (Å²) in [7, 11) is 0. The van der Waals surface area contributed by atoms with Gasteiger partial charge in [0.2, 0.25) is 5.91 Å². The minimum Gasteiger partial charge on any atom is -0.472 e. The number of hydrogen-bond acceptors (Lipinski definition) is 3. The molecule has 0 spiro atoms. The normalized spacial score (nSPS) is 10.9. The van der Waals surface area contributed by atoms with E-state index in [1.165, 1.54) is 6.92 Å². The second kappa shape index (κ2) is 5.70. The summed E-state index contributed by atoms with van der Waals surface area (Å²) in [6.07, 6.45) is 7.12. The van der Waals surface area contributed by atoms with Crippen molar-refractivity contribution in [3.05, 3.63) is 67.4 Å². The van der Waals surface area contributed by atoms with Crippen LogP contribution in [0.15, 0.2) is 71.8 Å². The summed E-state index contributed by atoms with van der Waals surface area (Å²) in [5, 5.41) is 2.86. The van der Waals surface area contributed by atoms with Gasteiger partial charge in [0.25, 0.3) is 0 Å². The summed E-state index contributed by atoms with van der Waals surface area (Å²) in [6, 6.07) is 13.8. The molecule has 24 heavy (non-hydrogen) atoms. The molecule has 5 nitrogen and oxygen atoms in total. The van der Waals surface area contributed by atoms with Gasteiger partial charge in [-0.3, -0.25) is 9.20 Å². The molecule has 0 saturated heterocycles. The van der Waals surface area contributed by atoms with Crippen LogP contribution in [0.5, 0.6) is 0 Å². The highest BCUT2D eigenvalue weighted by molar-refractivity contribution is 5.94. The Hall–Kier alpha value is -3.34. The molecule has 0 radical (unpaired) electrons. The Balaban J connectivity index is 1.97. The minimum absolute atomic E-state index is 0.134. The second-order valence-electron chi connectivity index (χ2n) is 5.54. The number of imidazole rings is 1. The molecule has 1 aromatic carbocycles. The maximum absolute atomic E-state index is 11.6. The molecule has 0 bridgehead atoms. The Bertz CT molecular complexity index is 1000. The van der Waals surface area contributed by atoms with Gasteiger partial charge in [0.05, 0.1) is 30.1 Å². The van der Waals surface area contributed by atoms with Crippen LogP contribution in [0, 0.1) is 0 Å². The number of amides is 1. The molecule has 0 fully saturated rings. The van der Waals surface area contributed by atoms with E-state index in [0.717, 1.165) is 22.4 Å². The summed E-state index contributed by atoms with van der Waals surface area (Å²) >= 11 is 0. The molecule has 0 aliphatic heterocycles. The Kier molecular flexibility index (Phi) is 3.39. The number of carbonyl (C=O) groups excluding carboxylic acids is 1. The van der Waals surface area contributed by atoms with E-state index >= 15 is 0 Å². The van der Waals surface area contributed by atoms with Crippen molar-refractivity contribution in [1.82, 2.24) is 9.38 Å². The van der Waals surface area contributed by atoms with Crippen molar-refractivity contribution in [2.45, 2.75) is 6.92 Å². The summed E-state index contributed by atoms with van der Waals surface area (Å²) in [4.78, 5) is 16.1. The molecular weight excluding hydrogens is 302 g/mol. The molecule has 0 unspecified atom stereocenters. The van der Waals surface area contributed by atoms with Crippen LogP contribution < -0.4 is 5.32 Å². The number of aromatic nitrogens is 2. The Morgan fingerprint density at radius 3 is 2.67 bits per heavy atom. The van der Waals surface area contributed by atoms with Crippen molar-refractivity contribution >= 4 is 17.2 Å². The van der Waals surface area contributed by atoms with Crippen molar-refractivity contribution in [2.75, 3.05) is 5.32 Å². The smallest absolute Gasteiger partial charge is 0.221 e. The molecule has 0 atom stereocenters. The molecule has 4 rings (SSSR count). The number of anilines is 1. The zero-order valence-corrected chi connectivity index (χ0v) is 13.1. The minimum atomic E-state index is -0.134. The van der Waals surface area contributed by atoms with Gasteiger partial charge in [0.1, 0.15) is 0 Å². The van der Waals surface area contributed by atoms with Crippen LogP contribution in [0.1, 0.15) is 6.92 Å². The third-order valence-corrected chi connectivity index (χ3v) is 3.84. The number of pyridine rings is 1. The van der Waals surface area contributed by atoms with E-state index in [1.54, 1.807) is 12.5 Å². The van der Waals surface area contributed by atoms with E-state index in [0.29, 0.717) is 11.3 Å². The fourth-order valence-electron chi connectivity index (χ4n) is 2.78.